The zero-order valence-electron chi connectivity index (χ0n) is 28.4. The smallest absolute Gasteiger partial charge is 0.410 e. The zero-order chi connectivity index (χ0) is 33.7. The van der Waals surface area contributed by atoms with Gasteiger partial charge in [-0.25, -0.2) is 9.18 Å². The van der Waals surface area contributed by atoms with Crippen LogP contribution in [0.4, 0.5) is 9.18 Å². The largest absolute Gasteiger partial charge is 0.444 e. The lowest BCUT2D eigenvalue weighted by Crippen LogP contribution is -2.67. The second-order valence-electron chi connectivity index (χ2n) is 14.4. The minimum absolute atomic E-state index is 0.0121. The summed E-state index contributed by atoms with van der Waals surface area (Å²) in [6.45, 7) is 10.7. The van der Waals surface area contributed by atoms with E-state index < -0.39 is 5.60 Å². The quantitative estimate of drug-likeness (QED) is 0.395. The van der Waals surface area contributed by atoms with Gasteiger partial charge in [0, 0.05) is 76.5 Å². The number of fused-ring (bicyclic) bond motifs is 1. The van der Waals surface area contributed by atoms with Crippen molar-refractivity contribution in [2.75, 3.05) is 59.5 Å². The van der Waals surface area contributed by atoms with Crippen LogP contribution in [0.1, 0.15) is 85.0 Å². The minimum atomic E-state index is -0.551. The van der Waals surface area contributed by atoms with Gasteiger partial charge in [0.05, 0.1) is 11.6 Å². The van der Waals surface area contributed by atoms with Crippen LogP contribution in [0.3, 0.4) is 0 Å². The van der Waals surface area contributed by atoms with E-state index in [1.807, 2.05) is 46.0 Å². The summed E-state index contributed by atoms with van der Waals surface area (Å²) in [7, 11) is 1.82. The van der Waals surface area contributed by atoms with Gasteiger partial charge in [-0.05, 0) is 107 Å². The van der Waals surface area contributed by atoms with Gasteiger partial charge in [-0.3, -0.25) is 9.69 Å². The molecule has 5 rings (SSSR count). The lowest BCUT2D eigenvalue weighted by Gasteiger charge is -2.52. The highest BCUT2D eigenvalue weighted by molar-refractivity contribution is 5.96. The van der Waals surface area contributed by atoms with Crippen LogP contribution in [0.5, 0.6) is 0 Å². The lowest BCUT2D eigenvalue weighted by molar-refractivity contribution is -0.0428. The Morgan fingerprint density at radius 2 is 1.83 bits per heavy atom. The molecule has 2 aliphatic heterocycles. The van der Waals surface area contributed by atoms with Gasteiger partial charge < -0.3 is 24.5 Å². The number of ether oxygens (including phenoxy) is 1. The molecule has 47 heavy (non-hydrogen) atoms. The molecular formula is C37H50FN5O4. The van der Waals surface area contributed by atoms with Crippen LogP contribution < -0.4 is 0 Å². The number of likely N-dealkylation sites (tertiary alicyclic amines) is 1. The maximum absolute atomic E-state index is 13.9. The number of carbonyl (C=O) groups excluding carboxylic acids is 2. The first-order valence-electron chi connectivity index (χ1n) is 17.1. The number of aliphatic hydroxyl groups excluding tert-OH is 1. The van der Waals surface area contributed by atoms with Crippen molar-refractivity contribution in [2.45, 2.75) is 82.9 Å². The number of benzene rings is 2. The normalized spacial score (nSPS) is 19.8. The average molecular weight is 648 g/mol. The van der Waals surface area contributed by atoms with Crippen LogP contribution in [0.25, 0.3) is 0 Å². The predicted octanol–water partition coefficient (Wildman–Crippen LogP) is 4.81. The number of likely N-dealkylation sites (N-methyl/N-ethyl adjacent to an activating group) is 1. The van der Waals surface area contributed by atoms with Gasteiger partial charge >= 0.3 is 6.09 Å². The Bertz CT molecular complexity index is 1450. The number of hydrogen-bond donors (Lipinski definition) is 1. The first-order valence-corrected chi connectivity index (χ1v) is 17.1. The fraction of sp³-hybridized carbons (Fsp3) is 0.595. The number of aryl methyl sites for hydroxylation is 1. The Labute approximate surface area is 278 Å². The molecule has 2 aromatic carbocycles. The SMILES string of the molecule is CN(CC(CCN1CC(N2CCN(C(=O)OC(C)(C)C)CC2CCO)C1)c1ccc(F)cc1)C(=O)c1cc(C#N)cc2c1CCCC2. The predicted molar refractivity (Wildman–Crippen MR) is 179 cm³/mol. The summed E-state index contributed by atoms with van der Waals surface area (Å²) in [5, 5.41) is 19.4. The van der Waals surface area contributed by atoms with Gasteiger partial charge in [-0.2, -0.15) is 5.26 Å². The maximum Gasteiger partial charge on any atom is 0.410 e. The zero-order valence-corrected chi connectivity index (χ0v) is 28.4. The van der Waals surface area contributed by atoms with Crippen molar-refractivity contribution >= 4 is 12.0 Å². The van der Waals surface area contributed by atoms with E-state index in [1.54, 1.807) is 15.9 Å². The van der Waals surface area contributed by atoms with Crippen LogP contribution in [0.15, 0.2) is 36.4 Å². The standard InChI is InChI=1S/C37H50FN5O4/c1-37(2,3)47-36(46)42-16-17-43(31(25-42)14-18-44)32-23-41(24-32)15-13-29(27-9-11-30(38)12-10-27)22-40(4)35(45)34-20-26(21-39)19-28-7-5-6-8-33(28)34/h9-12,19-20,29,31-32,44H,5-8,13-18,22-25H2,1-4H3. The number of piperazine rings is 1. The summed E-state index contributed by atoms with van der Waals surface area (Å²) in [6.07, 6.45) is 4.95. The molecule has 1 N–H and O–H groups in total. The topological polar surface area (TPSA) is 100 Å². The summed E-state index contributed by atoms with van der Waals surface area (Å²) >= 11 is 0. The van der Waals surface area contributed by atoms with Crippen molar-refractivity contribution < 1.29 is 23.8 Å². The van der Waals surface area contributed by atoms with Gasteiger partial charge in [0.2, 0.25) is 0 Å². The minimum Gasteiger partial charge on any atom is -0.444 e. The Morgan fingerprint density at radius 3 is 2.51 bits per heavy atom. The lowest BCUT2D eigenvalue weighted by atomic mass is 9.86. The molecule has 2 fully saturated rings. The van der Waals surface area contributed by atoms with Crippen LogP contribution >= 0.6 is 0 Å². The number of halogens is 1. The molecule has 0 saturated carbocycles. The average Bonchev–Trinajstić information content (AvgIpc) is 3.02. The number of nitrogens with zero attached hydrogens (tertiary/aromatic N) is 5. The van der Waals surface area contributed by atoms with Crippen molar-refractivity contribution in [3.8, 4) is 6.07 Å². The van der Waals surface area contributed by atoms with Gasteiger partial charge in [0.1, 0.15) is 11.4 Å². The molecule has 0 bridgehead atoms. The van der Waals surface area contributed by atoms with E-state index in [4.69, 9.17) is 4.74 Å². The van der Waals surface area contributed by atoms with Crippen molar-refractivity contribution in [3.63, 3.8) is 0 Å². The second kappa shape index (κ2) is 15.1. The molecule has 2 amide bonds. The molecule has 0 spiro atoms. The molecule has 254 valence electrons. The van der Waals surface area contributed by atoms with Crippen LogP contribution in [0, 0.1) is 17.1 Å². The van der Waals surface area contributed by atoms with Crippen molar-refractivity contribution in [1.82, 2.24) is 19.6 Å². The number of aliphatic hydroxyl groups is 1. The van der Waals surface area contributed by atoms with Crippen LogP contribution in [0.2, 0.25) is 0 Å². The molecule has 2 unspecified atom stereocenters. The highest BCUT2D eigenvalue weighted by Crippen LogP contribution is 2.30. The van der Waals surface area contributed by atoms with Crippen LogP contribution in [-0.2, 0) is 17.6 Å². The van der Waals surface area contributed by atoms with E-state index in [2.05, 4.69) is 15.9 Å². The first kappa shape index (κ1) is 34.8. The fourth-order valence-electron chi connectivity index (χ4n) is 7.36. The Hall–Kier alpha value is -3.52. The number of rotatable bonds is 10. The Balaban J connectivity index is 1.21. The third-order valence-electron chi connectivity index (χ3n) is 9.85. The highest BCUT2D eigenvalue weighted by Gasteiger charge is 2.40. The van der Waals surface area contributed by atoms with Crippen molar-refractivity contribution in [3.05, 3.63) is 70.0 Å². The van der Waals surface area contributed by atoms with E-state index in [9.17, 15) is 24.3 Å². The molecule has 2 aromatic rings. The Kier molecular flexibility index (Phi) is 11.2. The van der Waals surface area contributed by atoms with Crippen molar-refractivity contribution in [2.24, 2.45) is 0 Å². The van der Waals surface area contributed by atoms with Gasteiger partial charge in [0.25, 0.3) is 5.91 Å². The van der Waals surface area contributed by atoms with Crippen LogP contribution in [-0.4, -0.2) is 114 Å². The molecule has 3 aliphatic rings. The highest BCUT2D eigenvalue weighted by atomic mass is 19.1. The number of nitriles is 1. The van der Waals surface area contributed by atoms with Gasteiger partial charge in [-0.1, -0.05) is 12.1 Å². The molecule has 2 heterocycles. The monoisotopic (exact) mass is 647 g/mol. The first-order chi connectivity index (χ1) is 22.5. The number of carbonyl (C=O) groups is 2. The number of hydrogen-bond acceptors (Lipinski definition) is 7. The third kappa shape index (κ3) is 8.69. The summed E-state index contributed by atoms with van der Waals surface area (Å²) < 4.78 is 19.5. The molecule has 0 radical (unpaired) electrons. The molecule has 10 heteroatoms. The maximum atomic E-state index is 13.9. The molecule has 9 nitrogen and oxygen atoms in total. The molecule has 1 aliphatic carbocycles. The summed E-state index contributed by atoms with van der Waals surface area (Å²) in [5.74, 6) is -0.346. The number of amides is 2. The molecule has 2 atom stereocenters. The summed E-state index contributed by atoms with van der Waals surface area (Å²) in [5.41, 5.74) is 3.79. The molecule has 2 saturated heterocycles. The summed E-state index contributed by atoms with van der Waals surface area (Å²) in [6, 6.07) is 12.9. The van der Waals surface area contributed by atoms with E-state index in [0.717, 1.165) is 75.0 Å². The van der Waals surface area contributed by atoms with Gasteiger partial charge in [0.15, 0.2) is 0 Å². The van der Waals surface area contributed by atoms with Crippen molar-refractivity contribution in [1.29, 1.82) is 5.26 Å². The second-order valence-corrected chi connectivity index (χ2v) is 14.4. The van der Waals surface area contributed by atoms with E-state index in [-0.39, 0.29) is 36.4 Å². The van der Waals surface area contributed by atoms with E-state index in [0.29, 0.717) is 43.2 Å². The van der Waals surface area contributed by atoms with E-state index in [1.165, 1.54) is 12.1 Å². The molecular weight excluding hydrogens is 597 g/mol. The molecule has 0 aromatic heterocycles. The Morgan fingerprint density at radius 1 is 1.11 bits per heavy atom. The van der Waals surface area contributed by atoms with Gasteiger partial charge in [-0.15, -0.1) is 0 Å². The summed E-state index contributed by atoms with van der Waals surface area (Å²) in [4.78, 5) is 34.9. The van der Waals surface area contributed by atoms with E-state index >= 15 is 0 Å². The third-order valence-corrected chi connectivity index (χ3v) is 9.85. The fourth-order valence-corrected chi connectivity index (χ4v) is 7.36.